The zero-order valence-electron chi connectivity index (χ0n) is 16.1. The molecule has 1 fully saturated rings. The van der Waals surface area contributed by atoms with Crippen molar-refractivity contribution in [2.75, 3.05) is 18.9 Å². The van der Waals surface area contributed by atoms with Gasteiger partial charge in [-0.2, -0.15) is 0 Å². The number of carbonyl (C=O) groups excluding carboxylic acids is 1. The zero-order valence-corrected chi connectivity index (χ0v) is 16.9. The summed E-state index contributed by atoms with van der Waals surface area (Å²) in [6, 6.07) is 14.8. The van der Waals surface area contributed by atoms with Gasteiger partial charge < -0.3 is 15.8 Å². The molecular formula is C22H20ClN5O2. The number of fused-ring (bicyclic) bond motifs is 2. The third-order valence-corrected chi connectivity index (χ3v) is 5.54. The summed E-state index contributed by atoms with van der Waals surface area (Å²) in [5.41, 5.74) is 9.90. The van der Waals surface area contributed by atoms with Crippen molar-refractivity contribution in [3.8, 4) is 5.69 Å². The third kappa shape index (κ3) is 3.26. The molecule has 8 heteroatoms. The lowest BCUT2D eigenvalue weighted by molar-refractivity contribution is 0.0859. The monoisotopic (exact) mass is 421 g/mol. The summed E-state index contributed by atoms with van der Waals surface area (Å²) in [6.07, 6.45) is 1.97. The fourth-order valence-corrected chi connectivity index (χ4v) is 4.05. The Morgan fingerprint density at radius 1 is 1.20 bits per heavy atom. The number of nitrogens with zero attached hydrogens (tertiary/aromatic N) is 3. The van der Waals surface area contributed by atoms with Crippen LogP contribution in [0.5, 0.6) is 0 Å². The highest BCUT2D eigenvalue weighted by Crippen LogP contribution is 2.31. The molecule has 0 unspecified atom stereocenters. The molecule has 3 heterocycles. The summed E-state index contributed by atoms with van der Waals surface area (Å²) in [6.45, 7) is 1.16. The molecule has 2 aromatic carbocycles. The molecule has 0 bridgehead atoms. The molecule has 3 N–H and O–H groups in total. The summed E-state index contributed by atoms with van der Waals surface area (Å²) in [4.78, 5) is 22.6. The van der Waals surface area contributed by atoms with Crippen molar-refractivity contribution < 1.29 is 9.53 Å². The van der Waals surface area contributed by atoms with Crippen molar-refractivity contribution in [2.24, 2.45) is 0 Å². The Bertz CT molecular complexity index is 1260. The van der Waals surface area contributed by atoms with Crippen LogP contribution in [-0.4, -0.2) is 39.7 Å². The maximum absolute atomic E-state index is 13.1. The van der Waals surface area contributed by atoms with Crippen molar-refractivity contribution in [1.29, 1.82) is 0 Å². The molecule has 1 amide bonds. The molecule has 4 aromatic rings. The predicted molar refractivity (Wildman–Crippen MR) is 117 cm³/mol. The van der Waals surface area contributed by atoms with Gasteiger partial charge in [-0.15, -0.1) is 0 Å². The number of aromatic nitrogens is 3. The van der Waals surface area contributed by atoms with Crippen molar-refractivity contribution in [3.05, 3.63) is 59.1 Å². The van der Waals surface area contributed by atoms with E-state index in [1.807, 2.05) is 36.4 Å². The second kappa shape index (κ2) is 7.59. The van der Waals surface area contributed by atoms with E-state index in [1.54, 1.807) is 16.7 Å². The highest BCUT2D eigenvalue weighted by Gasteiger charge is 2.26. The first-order valence-corrected chi connectivity index (χ1v) is 10.2. The smallest absolute Gasteiger partial charge is 0.257 e. The van der Waals surface area contributed by atoms with E-state index in [-0.39, 0.29) is 17.8 Å². The molecule has 1 atom stereocenters. The number of hydrogen-bond donors (Lipinski definition) is 2. The van der Waals surface area contributed by atoms with Crippen LogP contribution in [0.4, 0.5) is 5.82 Å². The standard InChI is InChI=1S/C22H20ClN5O2/c23-13-5-3-6-14(11-13)28-20(24)18(22(29)25-12-15-7-4-10-30-15)19-21(28)27-17-9-2-1-8-16(17)26-19/h1-3,5-6,8-9,11,15H,4,7,10,12,24H2,(H,25,29)/t15-/m0/s1. The number of amides is 1. The molecule has 0 radical (unpaired) electrons. The average molecular weight is 422 g/mol. The number of nitrogen functional groups attached to an aromatic ring is 1. The van der Waals surface area contributed by atoms with E-state index in [0.29, 0.717) is 39.5 Å². The number of para-hydroxylation sites is 2. The van der Waals surface area contributed by atoms with Crippen LogP contribution in [-0.2, 0) is 4.74 Å². The van der Waals surface area contributed by atoms with Crippen molar-refractivity contribution in [2.45, 2.75) is 18.9 Å². The summed E-state index contributed by atoms with van der Waals surface area (Å²) in [5.74, 6) is -0.0224. The summed E-state index contributed by atoms with van der Waals surface area (Å²) >= 11 is 6.20. The minimum atomic E-state index is -0.293. The van der Waals surface area contributed by atoms with Crippen LogP contribution in [0.1, 0.15) is 23.2 Å². The predicted octanol–water partition coefficient (Wildman–Crippen LogP) is 3.72. The molecule has 7 nitrogen and oxygen atoms in total. The number of rotatable bonds is 4. The number of anilines is 1. The van der Waals surface area contributed by atoms with E-state index in [2.05, 4.69) is 5.32 Å². The maximum Gasteiger partial charge on any atom is 0.257 e. The Kier molecular flexibility index (Phi) is 4.77. The van der Waals surface area contributed by atoms with Crippen LogP contribution < -0.4 is 11.1 Å². The van der Waals surface area contributed by atoms with E-state index >= 15 is 0 Å². The second-order valence-electron chi connectivity index (χ2n) is 7.31. The average Bonchev–Trinajstić information content (AvgIpc) is 3.35. The van der Waals surface area contributed by atoms with Gasteiger partial charge in [0.15, 0.2) is 5.65 Å². The molecular weight excluding hydrogens is 402 g/mol. The number of nitrogens with one attached hydrogen (secondary N) is 1. The molecule has 152 valence electrons. The molecule has 5 rings (SSSR count). The van der Waals surface area contributed by atoms with Gasteiger partial charge in [0.1, 0.15) is 16.9 Å². The molecule has 1 aliphatic rings. The maximum atomic E-state index is 13.1. The Morgan fingerprint density at radius 3 is 2.73 bits per heavy atom. The Morgan fingerprint density at radius 2 is 2.00 bits per heavy atom. The quantitative estimate of drug-likeness (QED) is 0.523. The first kappa shape index (κ1) is 18.8. The first-order chi connectivity index (χ1) is 14.6. The molecule has 1 aliphatic heterocycles. The lowest BCUT2D eigenvalue weighted by Gasteiger charge is -2.11. The second-order valence-corrected chi connectivity index (χ2v) is 7.74. The largest absolute Gasteiger partial charge is 0.384 e. The SMILES string of the molecule is Nc1c(C(=O)NC[C@@H]2CCCO2)c2nc3ccccc3nc2n1-c1cccc(Cl)c1. The van der Waals surface area contributed by atoms with Crippen LogP contribution in [0.3, 0.4) is 0 Å². The van der Waals surface area contributed by atoms with E-state index in [9.17, 15) is 4.79 Å². The van der Waals surface area contributed by atoms with Gasteiger partial charge >= 0.3 is 0 Å². The molecule has 30 heavy (non-hydrogen) atoms. The van der Waals surface area contributed by atoms with Gasteiger partial charge in [0.25, 0.3) is 5.91 Å². The number of halogens is 1. The molecule has 0 saturated carbocycles. The van der Waals surface area contributed by atoms with Gasteiger partial charge in [0.2, 0.25) is 0 Å². The van der Waals surface area contributed by atoms with E-state index in [0.717, 1.165) is 25.0 Å². The zero-order chi connectivity index (χ0) is 20.7. The summed E-state index contributed by atoms with van der Waals surface area (Å²) in [7, 11) is 0. The normalized spacial score (nSPS) is 16.4. The number of hydrogen-bond acceptors (Lipinski definition) is 5. The van der Waals surface area contributed by atoms with E-state index < -0.39 is 0 Å². The topological polar surface area (TPSA) is 95.1 Å². The van der Waals surface area contributed by atoms with E-state index in [1.165, 1.54) is 0 Å². The van der Waals surface area contributed by atoms with Crippen LogP contribution in [0.2, 0.25) is 5.02 Å². The lowest BCUT2D eigenvalue weighted by atomic mass is 10.2. The molecule has 2 aromatic heterocycles. The van der Waals surface area contributed by atoms with Gasteiger partial charge in [-0.3, -0.25) is 9.36 Å². The van der Waals surface area contributed by atoms with Crippen molar-refractivity contribution in [1.82, 2.24) is 19.9 Å². The fourth-order valence-electron chi connectivity index (χ4n) is 3.86. The summed E-state index contributed by atoms with van der Waals surface area (Å²) in [5, 5.41) is 3.51. The highest BCUT2D eigenvalue weighted by atomic mass is 35.5. The Balaban J connectivity index is 1.67. The lowest BCUT2D eigenvalue weighted by Crippen LogP contribution is -2.32. The number of ether oxygens (including phenoxy) is 1. The van der Waals surface area contributed by atoms with Gasteiger partial charge in [-0.05, 0) is 43.2 Å². The fraction of sp³-hybridized carbons (Fsp3) is 0.227. The van der Waals surface area contributed by atoms with E-state index in [4.69, 9.17) is 32.0 Å². The summed E-state index contributed by atoms with van der Waals surface area (Å²) < 4.78 is 7.33. The third-order valence-electron chi connectivity index (χ3n) is 5.31. The number of nitrogens with two attached hydrogens (primary N) is 1. The number of carbonyl (C=O) groups is 1. The Labute approximate surface area is 177 Å². The van der Waals surface area contributed by atoms with Crippen LogP contribution in [0, 0.1) is 0 Å². The van der Waals surface area contributed by atoms with Crippen LogP contribution >= 0.6 is 11.6 Å². The molecule has 0 aliphatic carbocycles. The minimum absolute atomic E-state index is 0.0309. The van der Waals surface area contributed by atoms with Crippen molar-refractivity contribution in [3.63, 3.8) is 0 Å². The first-order valence-electron chi connectivity index (χ1n) is 9.84. The van der Waals surface area contributed by atoms with Gasteiger partial charge in [-0.1, -0.05) is 29.8 Å². The number of benzene rings is 2. The van der Waals surface area contributed by atoms with Crippen LogP contribution in [0.15, 0.2) is 48.5 Å². The molecule has 1 saturated heterocycles. The van der Waals surface area contributed by atoms with Gasteiger partial charge in [0, 0.05) is 18.2 Å². The van der Waals surface area contributed by atoms with Crippen LogP contribution in [0.25, 0.3) is 27.9 Å². The Hall–Kier alpha value is -3.16. The van der Waals surface area contributed by atoms with Crippen molar-refractivity contribution >= 4 is 45.5 Å². The highest BCUT2D eigenvalue weighted by molar-refractivity contribution is 6.30. The van der Waals surface area contributed by atoms with Gasteiger partial charge in [0.05, 0.1) is 22.8 Å². The minimum Gasteiger partial charge on any atom is -0.384 e. The molecule has 0 spiro atoms. The van der Waals surface area contributed by atoms with Gasteiger partial charge in [-0.25, -0.2) is 9.97 Å².